The maximum Gasteiger partial charge on any atom is 0.254 e. The largest absolute Gasteiger partial charge is 0.494 e. The Labute approximate surface area is 125 Å². The van der Waals surface area contributed by atoms with Gasteiger partial charge in [0.05, 0.1) is 6.61 Å². The molecule has 0 aliphatic carbocycles. The first-order valence-electron chi connectivity index (χ1n) is 7.31. The van der Waals surface area contributed by atoms with Gasteiger partial charge in [-0.3, -0.25) is 4.79 Å². The van der Waals surface area contributed by atoms with Crippen LogP contribution in [0.2, 0.25) is 0 Å². The number of amides is 1. The lowest BCUT2D eigenvalue weighted by Gasteiger charge is -2.15. The third-order valence-corrected chi connectivity index (χ3v) is 3.76. The topological polar surface area (TPSA) is 29.5 Å². The second-order valence-corrected chi connectivity index (χ2v) is 5.40. The number of carbonyl (C=O) groups is 1. The molecule has 2 aromatic carbocycles. The Morgan fingerprint density at radius 3 is 2.62 bits per heavy atom. The lowest BCUT2D eigenvalue weighted by molar-refractivity contribution is 0.0770. The summed E-state index contributed by atoms with van der Waals surface area (Å²) in [4.78, 5) is 14.1. The Balaban J connectivity index is 1.47. The molecule has 2 aromatic rings. The van der Waals surface area contributed by atoms with Crippen LogP contribution in [0.15, 0.2) is 48.5 Å². The quantitative estimate of drug-likeness (QED) is 0.786. The van der Waals surface area contributed by atoms with Crippen molar-refractivity contribution < 1.29 is 9.53 Å². The molecule has 0 N–H and O–H groups in total. The molecule has 0 fully saturated rings. The van der Waals surface area contributed by atoms with Crippen LogP contribution in [0.1, 0.15) is 27.9 Å². The highest BCUT2D eigenvalue weighted by atomic mass is 16.5. The van der Waals surface area contributed by atoms with E-state index in [2.05, 4.69) is 6.92 Å². The van der Waals surface area contributed by atoms with Crippen molar-refractivity contribution in [2.24, 2.45) is 0 Å². The van der Waals surface area contributed by atoms with Gasteiger partial charge in [-0.1, -0.05) is 35.9 Å². The van der Waals surface area contributed by atoms with E-state index < -0.39 is 0 Å². The van der Waals surface area contributed by atoms with Crippen molar-refractivity contribution >= 4 is 5.91 Å². The number of ether oxygens (including phenoxy) is 1. The monoisotopic (exact) mass is 281 g/mol. The van der Waals surface area contributed by atoms with Crippen LogP contribution < -0.4 is 4.74 Å². The molecule has 3 rings (SSSR count). The van der Waals surface area contributed by atoms with E-state index >= 15 is 0 Å². The normalized spacial score (nSPS) is 13.4. The molecule has 0 spiro atoms. The molecular weight excluding hydrogens is 262 g/mol. The molecule has 0 unspecified atom stereocenters. The molecule has 3 nitrogen and oxygen atoms in total. The lowest BCUT2D eigenvalue weighted by atomic mass is 10.1. The van der Waals surface area contributed by atoms with Gasteiger partial charge in [-0.15, -0.1) is 0 Å². The first-order valence-corrected chi connectivity index (χ1v) is 7.31. The van der Waals surface area contributed by atoms with E-state index in [0.29, 0.717) is 6.61 Å². The highest BCUT2D eigenvalue weighted by Gasteiger charge is 2.25. The zero-order valence-corrected chi connectivity index (χ0v) is 12.2. The average molecular weight is 281 g/mol. The molecule has 21 heavy (non-hydrogen) atoms. The Kier molecular flexibility index (Phi) is 3.91. The Morgan fingerprint density at radius 1 is 1.10 bits per heavy atom. The van der Waals surface area contributed by atoms with Gasteiger partial charge < -0.3 is 9.64 Å². The van der Waals surface area contributed by atoms with Crippen LogP contribution in [-0.4, -0.2) is 24.0 Å². The van der Waals surface area contributed by atoms with Gasteiger partial charge >= 0.3 is 0 Å². The molecule has 0 saturated heterocycles. The second kappa shape index (κ2) is 6.00. The molecule has 1 aliphatic heterocycles. The van der Waals surface area contributed by atoms with Crippen LogP contribution >= 0.6 is 0 Å². The molecule has 3 heteroatoms. The standard InChI is InChI=1S/C18H19NO2/c1-14-7-9-16(10-8-14)21-12-4-11-19-13-15-5-2-3-6-17(15)18(19)20/h2-3,5-10H,4,11-13H2,1H3. The molecule has 0 saturated carbocycles. The molecular formula is C18H19NO2. The molecule has 1 aliphatic rings. The number of hydrogen-bond donors (Lipinski definition) is 0. The summed E-state index contributed by atoms with van der Waals surface area (Å²) in [5, 5.41) is 0. The highest BCUT2D eigenvalue weighted by Crippen LogP contribution is 2.22. The fourth-order valence-electron chi connectivity index (χ4n) is 2.58. The Bertz CT molecular complexity index is 634. The van der Waals surface area contributed by atoms with Crippen LogP contribution in [0.25, 0.3) is 0 Å². The van der Waals surface area contributed by atoms with E-state index in [1.807, 2.05) is 53.4 Å². The fraction of sp³-hybridized carbons (Fsp3) is 0.278. The number of rotatable bonds is 5. The zero-order valence-electron chi connectivity index (χ0n) is 12.2. The molecule has 0 aromatic heterocycles. The molecule has 108 valence electrons. The van der Waals surface area contributed by atoms with E-state index in [1.54, 1.807) is 0 Å². The van der Waals surface area contributed by atoms with Crippen molar-refractivity contribution in [2.75, 3.05) is 13.2 Å². The summed E-state index contributed by atoms with van der Waals surface area (Å²) in [6, 6.07) is 15.9. The van der Waals surface area contributed by atoms with E-state index in [-0.39, 0.29) is 5.91 Å². The Morgan fingerprint density at radius 2 is 1.86 bits per heavy atom. The van der Waals surface area contributed by atoms with Crippen LogP contribution in [0.4, 0.5) is 0 Å². The minimum atomic E-state index is 0.140. The first kappa shape index (κ1) is 13.7. The minimum absolute atomic E-state index is 0.140. The maximum atomic E-state index is 12.2. The summed E-state index contributed by atoms with van der Waals surface area (Å²) < 4.78 is 5.70. The van der Waals surface area contributed by atoms with Crippen LogP contribution in [0, 0.1) is 6.92 Å². The highest BCUT2D eigenvalue weighted by molar-refractivity contribution is 5.98. The summed E-state index contributed by atoms with van der Waals surface area (Å²) in [5.74, 6) is 1.03. The van der Waals surface area contributed by atoms with Gasteiger partial charge in [0.2, 0.25) is 0 Å². The van der Waals surface area contributed by atoms with Gasteiger partial charge in [-0.05, 0) is 37.1 Å². The summed E-state index contributed by atoms with van der Waals surface area (Å²) >= 11 is 0. The zero-order chi connectivity index (χ0) is 14.7. The molecule has 1 amide bonds. The van der Waals surface area contributed by atoms with Gasteiger partial charge in [0.25, 0.3) is 5.91 Å². The average Bonchev–Trinajstić information content (AvgIpc) is 2.82. The van der Waals surface area contributed by atoms with Gasteiger partial charge in [0.15, 0.2) is 0 Å². The van der Waals surface area contributed by atoms with Crippen LogP contribution in [0.3, 0.4) is 0 Å². The van der Waals surface area contributed by atoms with Gasteiger partial charge in [0.1, 0.15) is 5.75 Å². The third-order valence-electron chi connectivity index (χ3n) is 3.76. The van der Waals surface area contributed by atoms with E-state index in [0.717, 1.165) is 36.4 Å². The Hall–Kier alpha value is -2.29. The summed E-state index contributed by atoms with van der Waals surface area (Å²) in [7, 11) is 0. The predicted octanol–water partition coefficient (Wildman–Crippen LogP) is 3.42. The van der Waals surface area contributed by atoms with Gasteiger partial charge in [0, 0.05) is 18.7 Å². The van der Waals surface area contributed by atoms with Crippen molar-refractivity contribution in [3.8, 4) is 5.75 Å². The number of benzene rings is 2. The first-order chi connectivity index (χ1) is 10.2. The molecule has 0 radical (unpaired) electrons. The van der Waals surface area contributed by atoms with Crippen molar-refractivity contribution in [3.63, 3.8) is 0 Å². The van der Waals surface area contributed by atoms with Crippen LogP contribution in [0.5, 0.6) is 5.75 Å². The molecule has 0 atom stereocenters. The van der Waals surface area contributed by atoms with Gasteiger partial charge in [-0.25, -0.2) is 0 Å². The van der Waals surface area contributed by atoms with Crippen molar-refractivity contribution in [1.82, 2.24) is 4.90 Å². The number of hydrogen-bond acceptors (Lipinski definition) is 2. The lowest BCUT2D eigenvalue weighted by Crippen LogP contribution is -2.26. The second-order valence-electron chi connectivity index (χ2n) is 5.40. The number of carbonyl (C=O) groups excluding carboxylic acids is 1. The molecule has 0 bridgehead atoms. The smallest absolute Gasteiger partial charge is 0.254 e. The maximum absolute atomic E-state index is 12.2. The number of nitrogens with zero attached hydrogens (tertiary/aromatic N) is 1. The summed E-state index contributed by atoms with van der Waals surface area (Å²) in [6.07, 6.45) is 0.841. The van der Waals surface area contributed by atoms with E-state index in [1.165, 1.54) is 5.56 Å². The number of aryl methyl sites for hydroxylation is 1. The summed E-state index contributed by atoms with van der Waals surface area (Å²) in [5.41, 5.74) is 3.20. The third kappa shape index (κ3) is 3.07. The van der Waals surface area contributed by atoms with E-state index in [9.17, 15) is 4.79 Å². The fourth-order valence-corrected chi connectivity index (χ4v) is 2.58. The molecule has 1 heterocycles. The van der Waals surface area contributed by atoms with Gasteiger partial charge in [-0.2, -0.15) is 0 Å². The minimum Gasteiger partial charge on any atom is -0.494 e. The summed E-state index contributed by atoms with van der Waals surface area (Å²) in [6.45, 7) is 4.14. The van der Waals surface area contributed by atoms with Crippen molar-refractivity contribution in [2.45, 2.75) is 19.9 Å². The number of fused-ring (bicyclic) bond motifs is 1. The predicted molar refractivity (Wildman–Crippen MR) is 82.5 cm³/mol. The van der Waals surface area contributed by atoms with Crippen molar-refractivity contribution in [3.05, 3.63) is 65.2 Å². The SMILES string of the molecule is Cc1ccc(OCCCN2Cc3ccccc3C2=O)cc1. The van der Waals surface area contributed by atoms with E-state index in [4.69, 9.17) is 4.74 Å². The van der Waals surface area contributed by atoms with Crippen LogP contribution in [-0.2, 0) is 6.54 Å². The van der Waals surface area contributed by atoms with Crippen molar-refractivity contribution in [1.29, 1.82) is 0 Å².